The Kier molecular flexibility index (Phi) is 7.23. The molecule has 0 fully saturated rings. The molecule has 27 heavy (non-hydrogen) atoms. The summed E-state index contributed by atoms with van der Waals surface area (Å²) in [6.45, 7) is 1.99. The predicted octanol–water partition coefficient (Wildman–Crippen LogP) is 2.98. The molecule has 1 N–H and O–H groups in total. The summed E-state index contributed by atoms with van der Waals surface area (Å²) in [5, 5.41) is 2.91. The average molecular weight is 371 g/mol. The summed E-state index contributed by atoms with van der Waals surface area (Å²) in [5.74, 6) is 0.509. The van der Waals surface area contributed by atoms with Gasteiger partial charge in [-0.25, -0.2) is 0 Å². The Labute approximate surface area is 159 Å². The molecule has 0 saturated heterocycles. The Morgan fingerprint density at radius 1 is 0.963 bits per heavy atom. The molecule has 0 aliphatic heterocycles. The van der Waals surface area contributed by atoms with E-state index in [1.165, 1.54) is 14.2 Å². The lowest BCUT2D eigenvalue weighted by molar-refractivity contribution is -0.141. The van der Waals surface area contributed by atoms with Gasteiger partial charge in [0.15, 0.2) is 11.5 Å². The van der Waals surface area contributed by atoms with Crippen LogP contribution in [-0.2, 0) is 20.7 Å². The van der Waals surface area contributed by atoms with Crippen molar-refractivity contribution in [3.63, 3.8) is 0 Å². The lowest BCUT2D eigenvalue weighted by Gasteiger charge is -2.20. The molecule has 0 saturated carbocycles. The number of benzene rings is 2. The molecule has 0 aromatic heterocycles. The third kappa shape index (κ3) is 5.74. The fourth-order valence-corrected chi connectivity index (χ4v) is 2.71. The van der Waals surface area contributed by atoms with Gasteiger partial charge in [-0.2, -0.15) is 0 Å². The minimum absolute atomic E-state index is 0.0195. The van der Waals surface area contributed by atoms with E-state index in [0.717, 1.165) is 16.7 Å². The van der Waals surface area contributed by atoms with Crippen molar-refractivity contribution in [1.82, 2.24) is 5.32 Å². The van der Waals surface area contributed by atoms with E-state index < -0.39 is 12.0 Å². The molecule has 0 bridgehead atoms. The van der Waals surface area contributed by atoms with Gasteiger partial charge in [-0.05, 0) is 30.2 Å². The number of aryl methyl sites for hydroxylation is 1. The van der Waals surface area contributed by atoms with Crippen LogP contribution in [0.1, 0.15) is 29.2 Å². The highest BCUT2D eigenvalue weighted by Gasteiger charge is 2.20. The molecule has 2 aromatic carbocycles. The van der Waals surface area contributed by atoms with E-state index in [9.17, 15) is 9.59 Å². The van der Waals surface area contributed by atoms with Gasteiger partial charge in [0.1, 0.15) is 0 Å². The molecular weight excluding hydrogens is 346 g/mol. The van der Waals surface area contributed by atoms with E-state index in [1.807, 2.05) is 31.2 Å². The first-order chi connectivity index (χ1) is 13.0. The minimum atomic E-state index is -0.532. The number of esters is 1. The second-order valence-electron chi connectivity index (χ2n) is 6.18. The topological polar surface area (TPSA) is 73.9 Å². The number of carbonyl (C=O) groups excluding carboxylic acids is 2. The normalized spacial score (nSPS) is 11.4. The summed E-state index contributed by atoms with van der Waals surface area (Å²) in [4.78, 5) is 24.3. The van der Waals surface area contributed by atoms with E-state index in [4.69, 9.17) is 14.2 Å². The summed E-state index contributed by atoms with van der Waals surface area (Å²) in [7, 11) is 4.40. The third-order valence-electron chi connectivity index (χ3n) is 4.23. The van der Waals surface area contributed by atoms with Gasteiger partial charge < -0.3 is 19.5 Å². The first-order valence-corrected chi connectivity index (χ1v) is 8.60. The fourth-order valence-electron chi connectivity index (χ4n) is 2.71. The molecule has 0 aliphatic rings. The van der Waals surface area contributed by atoms with Crippen LogP contribution in [0.15, 0.2) is 42.5 Å². The van der Waals surface area contributed by atoms with Crippen molar-refractivity contribution in [3.8, 4) is 11.5 Å². The lowest BCUT2D eigenvalue weighted by atomic mass is 10.0. The number of methoxy groups -OCH3 is 3. The highest BCUT2D eigenvalue weighted by atomic mass is 16.5. The molecule has 0 radical (unpaired) electrons. The average Bonchev–Trinajstić information content (AvgIpc) is 2.68. The Hall–Kier alpha value is -3.02. The van der Waals surface area contributed by atoms with Crippen molar-refractivity contribution >= 4 is 11.9 Å². The maximum atomic E-state index is 12.5. The molecule has 2 aromatic rings. The van der Waals surface area contributed by atoms with Crippen molar-refractivity contribution in [2.75, 3.05) is 21.3 Å². The van der Waals surface area contributed by atoms with Gasteiger partial charge in [-0.3, -0.25) is 9.59 Å². The lowest BCUT2D eigenvalue weighted by Crippen LogP contribution is -2.31. The highest BCUT2D eigenvalue weighted by Crippen LogP contribution is 2.31. The smallest absolute Gasteiger partial charge is 0.307 e. The van der Waals surface area contributed by atoms with E-state index in [-0.39, 0.29) is 18.7 Å². The minimum Gasteiger partial charge on any atom is -0.493 e. The van der Waals surface area contributed by atoms with Crippen molar-refractivity contribution < 1.29 is 23.8 Å². The van der Waals surface area contributed by atoms with Crippen LogP contribution in [0, 0.1) is 6.92 Å². The highest BCUT2D eigenvalue weighted by molar-refractivity contribution is 5.80. The Morgan fingerprint density at radius 2 is 1.63 bits per heavy atom. The molecule has 6 nitrogen and oxygen atoms in total. The maximum absolute atomic E-state index is 12.5. The van der Waals surface area contributed by atoms with Gasteiger partial charge in [-0.15, -0.1) is 0 Å². The zero-order valence-electron chi connectivity index (χ0n) is 16.1. The zero-order chi connectivity index (χ0) is 19.8. The zero-order valence-corrected chi connectivity index (χ0v) is 16.1. The molecule has 0 unspecified atom stereocenters. The van der Waals surface area contributed by atoms with Crippen molar-refractivity contribution in [2.45, 2.75) is 25.8 Å². The molecule has 0 spiro atoms. The molecule has 1 atom stereocenters. The van der Waals surface area contributed by atoms with Crippen molar-refractivity contribution in [1.29, 1.82) is 0 Å². The van der Waals surface area contributed by atoms with Crippen LogP contribution in [0.4, 0.5) is 0 Å². The third-order valence-corrected chi connectivity index (χ3v) is 4.23. The molecule has 0 heterocycles. The number of amides is 1. The molecule has 144 valence electrons. The van der Waals surface area contributed by atoms with Crippen LogP contribution >= 0.6 is 0 Å². The Morgan fingerprint density at radius 3 is 2.22 bits per heavy atom. The number of carbonyl (C=O) groups is 2. The van der Waals surface area contributed by atoms with Gasteiger partial charge in [0.25, 0.3) is 0 Å². The van der Waals surface area contributed by atoms with Gasteiger partial charge >= 0.3 is 5.97 Å². The van der Waals surface area contributed by atoms with Gasteiger partial charge in [0.2, 0.25) is 5.91 Å². The van der Waals surface area contributed by atoms with Crippen molar-refractivity contribution in [3.05, 3.63) is 59.2 Å². The summed E-state index contributed by atoms with van der Waals surface area (Å²) in [6.07, 6.45) is 0.247. The number of ether oxygens (including phenoxy) is 3. The Bertz CT molecular complexity index is 786. The number of nitrogens with one attached hydrogen (secondary N) is 1. The van der Waals surface area contributed by atoms with Crippen LogP contribution in [0.2, 0.25) is 0 Å². The van der Waals surface area contributed by atoms with E-state index in [2.05, 4.69) is 5.32 Å². The largest absolute Gasteiger partial charge is 0.493 e. The predicted molar refractivity (Wildman–Crippen MR) is 102 cm³/mol. The van der Waals surface area contributed by atoms with E-state index in [0.29, 0.717) is 11.5 Å². The fraction of sp³-hybridized carbons (Fsp3) is 0.333. The molecule has 1 amide bonds. The summed E-state index contributed by atoms with van der Waals surface area (Å²) >= 11 is 0. The summed E-state index contributed by atoms with van der Waals surface area (Å²) in [6, 6.07) is 12.5. The number of hydrogen-bond acceptors (Lipinski definition) is 5. The van der Waals surface area contributed by atoms with Gasteiger partial charge in [0, 0.05) is 0 Å². The van der Waals surface area contributed by atoms with Crippen LogP contribution in [0.25, 0.3) is 0 Å². The van der Waals surface area contributed by atoms with E-state index >= 15 is 0 Å². The molecule has 0 aliphatic carbocycles. The summed E-state index contributed by atoms with van der Waals surface area (Å²) < 4.78 is 15.3. The first-order valence-electron chi connectivity index (χ1n) is 8.60. The van der Waals surface area contributed by atoms with Crippen LogP contribution < -0.4 is 14.8 Å². The van der Waals surface area contributed by atoms with Crippen molar-refractivity contribution in [2.24, 2.45) is 0 Å². The second-order valence-corrected chi connectivity index (χ2v) is 6.18. The number of hydrogen-bond donors (Lipinski definition) is 1. The van der Waals surface area contributed by atoms with Crippen LogP contribution in [-0.4, -0.2) is 33.2 Å². The molecular formula is C21H25NO5. The maximum Gasteiger partial charge on any atom is 0.307 e. The standard InChI is InChI=1S/C21H25NO5/c1-14-5-7-15(8-6-14)11-20(23)22-17(13-21(24)27-4)16-9-10-18(25-2)19(12-16)26-3/h5-10,12,17H,11,13H2,1-4H3,(H,22,23)/t17-/m1/s1. The number of rotatable bonds is 8. The SMILES string of the molecule is COC(=O)C[C@@H](NC(=O)Cc1ccc(C)cc1)c1ccc(OC)c(OC)c1. The molecule has 2 rings (SSSR count). The van der Waals surface area contributed by atoms with Gasteiger partial charge in [0.05, 0.1) is 40.2 Å². The monoisotopic (exact) mass is 371 g/mol. The quantitative estimate of drug-likeness (QED) is 0.722. The summed E-state index contributed by atoms with van der Waals surface area (Å²) in [5.41, 5.74) is 2.77. The van der Waals surface area contributed by atoms with Crippen LogP contribution in [0.5, 0.6) is 11.5 Å². The van der Waals surface area contributed by atoms with E-state index in [1.54, 1.807) is 25.3 Å². The van der Waals surface area contributed by atoms with Crippen LogP contribution in [0.3, 0.4) is 0 Å². The molecule has 6 heteroatoms. The second kappa shape index (κ2) is 9.62. The Balaban J connectivity index is 2.19. The van der Waals surface area contributed by atoms with Gasteiger partial charge in [-0.1, -0.05) is 35.9 Å². The first kappa shape index (κ1) is 20.3.